The van der Waals surface area contributed by atoms with Gasteiger partial charge in [-0.2, -0.15) is 5.26 Å². The van der Waals surface area contributed by atoms with Crippen molar-refractivity contribution in [3.8, 4) is 6.07 Å². The van der Waals surface area contributed by atoms with Gasteiger partial charge in [0.1, 0.15) is 16.9 Å². The average molecular weight is 357 g/mol. The van der Waals surface area contributed by atoms with Gasteiger partial charge in [0.05, 0.1) is 5.56 Å². The van der Waals surface area contributed by atoms with Crippen LogP contribution in [0.3, 0.4) is 0 Å². The Morgan fingerprint density at radius 1 is 1.28 bits per heavy atom. The quantitative estimate of drug-likeness (QED) is 0.848. The van der Waals surface area contributed by atoms with E-state index in [1.807, 2.05) is 0 Å². The Labute approximate surface area is 150 Å². The molecule has 1 aliphatic rings. The molecule has 1 aliphatic heterocycles. The first-order chi connectivity index (χ1) is 11.6. The van der Waals surface area contributed by atoms with E-state index in [2.05, 4.69) is 44.4 Å². The molecule has 3 rings (SSSR count). The van der Waals surface area contributed by atoms with E-state index < -0.39 is 5.82 Å². The van der Waals surface area contributed by atoms with E-state index in [0.29, 0.717) is 16.1 Å². The Bertz CT molecular complexity index is 875. The number of carbonyl (C=O) groups is 1. The molecular formula is C19H20FN3OS. The van der Waals surface area contributed by atoms with Crippen molar-refractivity contribution in [3.05, 3.63) is 51.7 Å². The topological polar surface area (TPSA) is 64.9 Å². The van der Waals surface area contributed by atoms with Crippen LogP contribution in [-0.4, -0.2) is 11.4 Å². The van der Waals surface area contributed by atoms with Crippen LogP contribution in [0.25, 0.3) is 0 Å². The molecule has 6 heteroatoms. The van der Waals surface area contributed by atoms with Crippen LogP contribution in [0.15, 0.2) is 24.3 Å². The van der Waals surface area contributed by atoms with Crippen molar-refractivity contribution in [2.45, 2.75) is 45.2 Å². The Kier molecular flexibility index (Phi) is 4.18. The molecule has 2 aromatic rings. The maximum Gasteiger partial charge on any atom is 0.256 e. The van der Waals surface area contributed by atoms with Gasteiger partial charge in [-0.15, -0.1) is 11.3 Å². The van der Waals surface area contributed by atoms with Crippen molar-refractivity contribution in [2.24, 2.45) is 0 Å². The monoisotopic (exact) mass is 357 g/mol. The first-order valence-electron chi connectivity index (χ1n) is 8.05. The van der Waals surface area contributed by atoms with E-state index in [1.54, 1.807) is 0 Å². The number of nitrogens with one attached hydrogen (secondary N) is 2. The average Bonchev–Trinajstić information content (AvgIpc) is 2.83. The van der Waals surface area contributed by atoms with Crippen molar-refractivity contribution < 1.29 is 9.18 Å². The summed E-state index contributed by atoms with van der Waals surface area (Å²) in [6.45, 7) is 8.37. The maximum atomic E-state index is 13.0. The number of nitriles is 1. The number of halogens is 1. The molecule has 2 heterocycles. The summed E-state index contributed by atoms with van der Waals surface area (Å²) in [7, 11) is 0. The largest absolute Gasteiger partial charge is 0.312 e. The second kappa shape index (κ2) is 5.94. The van der Waals surface area contributed by atoms with E-state index in [1.165, 1.54) is 35.6 Å². The highest BCUT2D eigenvalue weighted by Crippen LogP contribution is 2.44. The van der Waals surface area contributed by atoms with Gasteiger partial charge in [-0.1, -0.05) is 0 Å². The zero-order valence-electron chi connectivity index (χ0n) is 14.7. The normalized spacial score (nSPS) is 17.4. The summed E-state index contributed by atoms with van der Waals surface area (Å²) in [6.07, 6.45) is 0.720. The molecule has 1 amide bonds. The van der Waals surface area contributed by atoms with Gasteiger partial charge in [0.15, 0.2) is 0 Å². The lowest BCUT2D eigenvalue weighted by molar-refractivity contribution is 0.102. The molecule has 0 bridgehead atoms. The van der Waals surface area contributed by atoms with Crippen LogP contribution >= 0.6 is 11.3 Å². The van der Waals surface area contributed by atoms with Gasteiger partial charge in [0.25, 0.3) is 5.91 Å². The summed E-state index contributed by atoms with van der Waals surface area (Å²) in [4.78, 5) is 13.5. The standard InChI is InChI=1S/C19H20FN3OS/c1-18(2)9-13-14(10-21)17(25-15(13)19(3,4)23-18)22-16(24)11-5-7-12(20)8-6-11/h5-8,23H,9H2,1-4H3,(H,22,24). The zero-order chi connectivity index (χ0) is 18.4. The van der Waals surface area contributed by atoms with Crippen LogP contribution in [0.4, 0.5) is 9.39 Å². The molecular weight excluding hydrogens is 337 g/mol. The molecule has 1 aromatic carbocycles. The fourth-order valence-corrected chi connectivity index (χ4v) is 4.73. The number of anilines is 1. The summed E-state index contributed by atoms with van der Waals surface area (Å²) in [5, 5.41) is 16.6. The Hall–Kier alpha value is -2.23. The van der Waals surface area contributed by atoms with Crippen LogP contribution < -0.4 is 10.6 Å². The predicted octanol–water partition coefficient (Wildman–Crippen LogP) is 4.17. The number of rotatable bonds is 2. The first-order valence-corrected chi connectivity index (χ1v) is 8.87. The van der Waals surface area contributed by atoms with Gasteiger partial charge >= 0.3 is 0 Å². The van der Waals surface area contributed by atoms with Gasteiger partial charge in [0.2, 0.25) is 0 Å². The molecule has 0 fully saturated rings. The number of hydrogen-bond donors (Lipinski definition) is 2. The molecule has 1 aromatic heterocycles. The third kappa shape index (κ3) is 3.30. The van der Waals surface area contributed by atoms with Gasteiger partial charge < -0.3 is 10.6 Å². The van der Waals surface area contributed by atoms with Crippen LogP contribution in [0.2, 0.25) is 0 Å². The predicted molar refractivity (Wildman–Crippen MR) is 97.3 cm³/mol. The third-order valence-electron chi connectivity index (χ3n) is 4.29. The lowest BCUT2D eigenvalue weighted by Gasteiger charge is -2.42. The van der Waals surface area contributed by atoms with E-state index in [0.717, 1.165) is 16.9 Å². The maximum absolute atomic E-state index is 13.0. The SMILES string of the molecule is CC1(C)Cc2c(sc(NC(=O)c3ccc(F)cc3)c2C#N)C(C)(C)N1. The van der Waals surface area contributed by atoms with Gasteiger partial charge in [-0.3, -0.25) is 4.79 Å². The molecule has 4 nitrogen and oxygen atoms in total. The lowest BCUT2D eigenvalue weighted by Crippen LogP contribution is -2.54. The third-order valence-corrected chi connectivity index (χ3v) is 5.76. The van der Waals surface area contributed by atoms with Crippen molar-refractivity contribution in [2.75, 3.05) is 5.32 Å². The summed E-state index contributed by atoms with van der Waals surface area (Å²) < 4.78 is 13.0. The van der Waals surface area contributed by atoms with Gasteiger partial charge in [-0.25, -0.2) is 4.39 Å². The molecule has 130 valence electrons. The molecule has 0 unspecified atom stereocenters. The minimum atomic E-state index is -0.393. The van der Waals surface area contributed by atoms with E-state index in [-0.39, 0.29) is 17.0 Å². The van der Waals surface area contributed by atoms with Crippen molar-refractivity contribution in [1.29, 1.82) is 5.26 Å². The van der Waals surface area contributed by atoms with Crippen LogP contribution in [0, 0.1) is 17.1 Å². The molecule has 0 saturated carbocycles. The number of fused-ring (bicyclic) bond motifs is 1. The Balaban J connectivity index is 1.99. The molecule has 25 heavy (non-hydrogen) atoms. The van der Waals surface area contributed by atoms with E-state index in [4.69, 9.17) is 0 Å². The van der Waals surface area contributed by atoms with E-state index >= 15 is 0 Å². The first kappa shape index (κ1) is 17.6. The molecule has 0 spiro atoms. The Morgan fingerprint density at radius 2 is 1.92 bits per heavy atom. The number of amides is 1. The minimum absolute atomic E-state index is 0.137. The highest BCUT2D eigenvalue weighted by atomic mass is 32.1. The fraction of sp³-hybridized carbons (Fsp3) is 0.368. The summed E-state index contributed by atoms with van der Waals surface area (Å²) >= 11 is 1.43. The second-order valence-electron chi connectivity index (χ2n) is 7.50. The van der Waals surface area contributed by atoms with Crippen molar-refractivity contribution >= 4 is 22.2 Å². The van der Waals surface area contributed by atoms with E-state index in [9.17, 15) is 14.4 Å². The summed E-state index contributed by atoms with van der Waals surface area (Å²) in [5.74, 6) is -0.740. The van der Waals surface area contributed by atoms with Crippen LogP contribution in [0.5, 0.6) is 0 Å². The number of hydrogen-bond acceptors (Lipinski definition) is 4. The minimum Gasteiger partial charge on any atom is -0.312 e. The summed E-state index contributed by atoms with van der Waals surface area (Å²) in [5.41, 5.74) is 1.45. The van der Waals surface area contributed by atoms with Crippen molar-refractivity contribution in [1.82, 2.24) is 5.32 Å². The molecule has 0 aliphatic carbocycles. The van der Waals surface area contributed by atoms with Crippen LogP contribution in [-0.2, 0) is 12.0 Å². The number of nitrogens with zero attached hydrogens (tertiary/aromatic N) is 1. The van der Waals surface area contributed by atoms with Crippen molar-refractivity contribution in [3.63, 3.8) is 0 Å². The summed E-state index contributed by atoms with van der Waals surface area (Å²) in [6, 6.07) is 7.60. The van der Waals surface area contributed by atoms with Gasteiger partial charge in [-0.05, 0) is 63.9 Å². The van der Waals surface area contributed by atoms with Crippen LogP contribution in [0.1, 0.15) is 54.1 Å². The number of benzene rings is 1. The van der Waals surface area contributed by atoms with Gasteiger partial charge in [0, 0.05) is 21.5 Å². The second-order valence-corrected chi connectivity index (χ2v) is 8.52. The highest BCUT2D eigenvalue weighted by molar-refractivity contribution is 7.17. The molecule has 0 atom stereocenters. The fourth-order valence-electron chi connectivity index (χ4n) is 3.51. The Morgan fingerprint density at radius 3 is 2.52 bits per heavy atom. The molecule has 0 radical (unpaired) electrons. The molecule has 2 N–H and O–H groups in total. The zero-order valence-corrected chi connectivity index (χ0v) is 15.5. The number of carbonyl (C=O) groups excluding carboxylic acids is 1. The lowest BCUT2D eigenvalue weighted by atomic mass is 9.81. The number of thiophene rings is 1. The smallest absolute Gasteiger partial charge is 0.256 e. The highest BCUT2D eigenvalue weighted by Gasteiger charge is 2.40. The molecule has 0 saturated heterocycles.